The van der Waals surface area contributed by atoms with E-state index in [0.29, 0.717) is 6.79 Å². The lowest BCUT2D eigenvalue weighted by atomic mass is 9.99. The second-order valence-corrected chi connectivity index (χ2v) is 7.58. The fourth-order valence-corrected chi connectivity index (χ4v) is 3.99. The van der Waals surface area contributed by atoms with Crippen LogP contribution < -0.4 is 9.47 Å². The second kappa shape index (κ2) is 6.59. The zero-order valence-corrected chi connectivity index (χ0v) is 15.2. The van der Waals surface area contributed by atoms with Gasteiger partial charge in [-0.15, -0.1) is 0 Å². The van der Waals surface area contributed by atoms with Crippen LogP contribution in [0.5, 0.6) is 11.5 Å². The van der Waals surface area contributed by atoms with Crippen LogP contribution >= 0.6 is 0 Å². The fourth-order valence-electron chi connectivity index (χ4n) is 3.99. The molecule has 0 saturated heterocycles. The number of rotatable bonds is 6. The maximum absolute atomic E-state index is 6.09. The molecule has 5 rings (SSSR count). The van der Waals surface area contributed by atoms with Crippen LogP contribution in [0.2, 0.25) is 0 Å². The molecule has 138 valence electrons. The van der Waals surface area contributed by atoms with Crippen molar-refractivity contribution in [2.24, 2.45) is 13.0 Å². The highest BCUT2D eigenvalue weighted by molar-refractivity contribution is 5.44. The van der Waals surface area contributed by atoms with Gasteiger partial charge in [-0.05, 0) is 48.4 Å². The smallest absolute Gasteiger partial charge is 0.231 e. The van der Waals surface area contributed by atoms with E-state index in [0.717, 1.165) is 50.1 Å². The van der Waals surface area contributed by atoms with E-state index in [4.69, 9.17) is 14.2 Å². The van der Waals surface area contributed by atoms with Crippen LogP contribution in [0.25, 0.3) is 0 Å². The van der Waals surface area contributed by atoms with Crippen LogP contribution in [0.15, 0.2) is 24.4 Å². The van der Waals surface area contributed by atoms with Gasteiger partial charge < -0.3 is 14.2 Å². The largest absolute Gasteiger partial charge is 0.454 e. The number of hydrogen-bond acceptors (Lipinski definition) is 5. The van der Waals surface area contributed by atoms with Gasteiger partial charge in [0.05, 0.1) is 24.5 Å². The molecule has 1 aromatic carbocycles. The molecule has 1 unspecified atom stereocenters. The van der Waals surface area contributed by atoms with Crippen molar-refractivity contribution in [2.75, 3.05) is 26.6 Å². The van der Waals surface area contributed by atoms with Crippen LogP contribution in [0, 0.1) is 5.92 Å². The number of aryl methyl sites for hydroxylation is 1. The highest BCUT2D eigenvalue weighted by atomic mass is 16.7. The number of nitrogens with zero attached hydrogens (tertiary/aromatic N) is 3. The summed E-state index contributed by atoms with van der Waals surface area (Å²) in [6.45, 7) is 3.83. The molecule has 26 heavy (non-hydrogen) atoms. The van der Waals surface area contributed by atoms with Crippen molar-refractivity contribution in [3.63, 3.8) is 0 Å². The first-order valence-electron chi connectivity index (χ1n) is 9.49. The Labute approximate surface area is 153 Å². The Balaban J connectivity index is 1.36. The third-order valence-corrected chi connectivity index (χ3v) is 5.64. The van der Waals surface area contributed by atoms with Gasteiger partial charge in [0.1, 0.15) is 0 Å². The van der Waals surface area contributed by atoms with Gasteiger partial charge in [-0.3, -0.25) is 9.58 Å². The molecule has 1 aromatic heterocycles. The summed E-state index contributed by atoms with van der Waals surface area (Å²) >= 11 is 0. The number of benzene rings is 1. The summed E-state index contributed by atoms with van der Waals surface area (Å²) in [5.41, 5.74) is 3.90. The lowest BCUT2D eigenvalue weighted by Crippen LogP contribution is -2.38. The van der Waals surface area contributed by atoms with Crippen LogP contribution in [0.1, 0.15) is 35.7 Å². The standard InChI is InChI=1S/C20H25N3O3/c1-22-20-16(9-21-22)6-7-23(17(20)12-24-11-14-2-3-14)10-15-4-5-18-19(8-15)26-13-25-18/h4-5,8-9,14,17H,2-3,6-7,10-13H2,1H3. The van der Waals surface area contributed by atoms with Crippen molar-refractivity contribution in [3.05, 3.63) is 41.2 Å². The predicted molar refractivity (Wildman–Crippen MR) is 96.2 cm³/mol. The Morgan fingerprint density at radius 2 is 2.08 bits per heavy atom. The molecule has 2 aromatic rings. The molecule has 1 fully saturated rings. The van der Waals surface area contributed by atoms with Gasteiger partial charge in [0.2, 0.25) is 6.79 Å². The number of aromatic nitrogens is 2. The van der Waals surface area contributed by atoms with Crippen LogP contribution in [-0.2, 0) is 24.8 Å². The Hall–Kier alpha value is -2.05. The molecular formula is C20H25N3O3. The van der Waals surface area contributed by atoms with E-state index in [1.807, 2.05) is 24.0 Å². The molecule has 0 amide bonds. The molecule has 0 spiro atoms. The molecule has 6 nitrogen and oxygen atoms in total. The summed E-state index contributed by atoms with van der Waals surface area (Å²) in [4.78, 5) is 2.51. The minimum atomic E-state index is 0.246. The van der Waals surface area contributed by atoms with Crippen molar-refractivity contribution < 1.29 is 14.2 Å². The third kappa shape index (κ3) is 3.08. The Morgan fingerprint density at radius 3 is 2.96 bits per heavy atom. The SMILES string of the molecule is Cn1ncc2c1C(COCC1CC1)N(Cc1ccc3c(c1)OCO3)CC2. The van der Waals surface area contributed by atoms with Gasteiger partial charge in [0.25, 0.3) is 0 Å². The molecule has 3 aliphatic rings. The highest BCUT2D eigenvalue weighted by Crippen LogP contribution is 2.36. The minimum absolute atomic E-state index is 0.246. The van der Waals surface area contributed by atoms with Crippen LogP contribution in [0.4, 0.5) is 0 Å². The zero-order chi connectivity index (χ0) is 17.5. The fraction of sp³-hybridized carbons (Fsp3) is 0.550. The predicted octanol–water partition coefficient (Wildman–Crippen LogP) is 2.67. The first kappa shape index (κ1) is 16.1. The molecule has 1 atom stereocenters. The third-order valence-electron chi connectivity index (χ3n) is 5.64. The Kier molecular flexibility index (Phi) is 4.10. The van der Waals surface area contributed by atoms with E-state index in [-0.39, 0.29) is 6.04 Å². The number of fused-ring (bicyclic) bond motifs is 2. The average Bonchev–Trinajstić information content (AvgIpc) is 3.22. The van der Waals surface area contributed by atoms with E-state index >= 15 is 0 Å². The number of hydrogen-bond donors (Lipinski definition) is 0. The van der Waals surface area contributed by atoms with E-state index in [1.165, 1.54) is 29.7 Å². The maximum Gasteiger partial charge on any atom is 0.231 e. The molecule has 2 aliphatic heterocycles. The van der Waals surface area contributed by atoms with E-state index < -0.39 is 0 Å². The highest BCUT2D eigenvalue weighted by Gasteiger charge is 2.32. The van der Waals surface area contributed by atoms with Crippen LogP contribution in [-0.4, -0.2) is 41.2 Å². The van der Waals surface area contributed by atoms with E-state index in [9.17, 15) is 0 Å². The maximum atomic E-state index is 6.09. The Morgan fingerprint density at radius 1 is 1.19 bits per heavy atom. The van der Waals surface area contributed by atoms with Crippen molar-refractivity contribution in [1.82, 2.24) is 14.7 Å². The van der Waals surface area contributed by atoms with Gasteiger partial charge >= 0.3 is 0 Å². The van der Waals surface area contributed by atoms with Crippen molar-refractivity contribution in [1.29, 1.82) is 0 Å². The molecule has 1 saturated carbocycles. The topological polar surface area (TPSA) is 48.8 Å². The van der Waals surface area contributed by atoms with Crippen molar-refractivity contribution in [2.45, 2.75) is 31.8 Å². The number of ether oxygens (including phenoxy) is 3. The molecule has 6 heteroatoms. The summed E-state index contributed by atoms with van der Waals surface area (Å²) in [6, 6.07) is 6.49. The molecular weight excluding hydrogens is 330 g/mol. The normalized spacial score (nSPS) is 21.8. The second-order valence-electron chi connectivity index (χ2n) is 7.58. The molecule has 3 heterocycles. The first-order valence-corrected chi connectivity index (χ1v) is 9.49. The summed E-state index contributed by atoms with van der Waals surface area (Å²) in [5, 5.41) is 4.49. The lowest BCUT2D eigenvalue weighted by Gasteiger charge is -2.36. The van der Waals surface area contributed by atoms with Crippen molar-refractivity contribution in [3.8, 4) is 11.5 Å². The lowest BCUT2D eigenvalue weighted by molar-refractivity contribution is 0.0413. The average molecular weight is 355 g/mol. The molecule has 0 radical (unpaired) electrons. The molecule has 1 aliphatic carbocycles. The molecule has 0 bridgehead atoms. The van der Waals surface area contributed by atoms with E-state index in [1.54, 1.807) is 0 Å². The Bertz CT molecular complexity index is 800. The monoisotopic (exact) mass is 355 g/mol. The van der Waals surface area contributed by atoms with Gasteiger partial charge in [0, 0.05) is 26.7 Å². The van der Waals surface area contributed by atoms with Crippen LogP contribution in [0.3, 0.4) is 0 Å². The first-order chi connectivity index (χ1) is 12.8. The minimum Gasteiger partial charge on any atom is -0.454 e. The van der Waals surface area contributed by atoms with Gasteiger partial charge in [0.15, 0.2) is 11.5 Å². The summed E-state index contributed by atoms with van der Waals surface area (Å²) < 4.78 is 19.1. The summed E-state index contributed by atoms with van der Waals surface area (Å²) in [7, 11) is 2.04. The quantitative estimate of drug-likeness (QED) is 0.797. The molecule has 0 N–H and O–H groups in total. The van der Waals surface area contributed by atoms with Gasteiger partial charge in [-0.1, -0.05) is 6.07 Å². The van der Waals surface area contributed by atoms with Crippen molar-refractivity contribution >= 4 is 0 Å². The van der Waals surface area contributed by atoms with Gasteiger partial charge in [-0.25, -0.2) is 0 Å². The van der Waals surface area contributed by atoms with Gasteiger partial charge in [-0.2, -0.15) is 5.10 Å². The summed E-state index contributed by atoms with van der Waals surface area (Å²) in [6.07, 6.45) is 5.69. The zero-order valence-electron chi connectivity index (χ0n) is 15.2. The van der Waals surface area contributed by atoms with E-state index in [2.05, 4.69) is 22.1 Å². The summed E-state index contributed by atoms with van der Waals surface area (Å²) in [5.74, 6) is 2.47.